The van der Waals surface area contributed by atoms with Crippen molar-refractivity contribution in [2.24, 2.45) is 5.92 Å². The molecule has 0 saturated heterocycles. The highest BCUT2D eigenvalue weighted by Gasteiger charge is 2.48. The Morgan fingerprint density at radius 3 is 2.83 bits per heavy atom. The lowest BCUT2D eigenvalue weighted by Gasteiger charge is -2.43. The highest BCUT2D eigenvalue weighted by Crippen LogP contribution is 2.52. The summed E-state index contributed by atoms with van der Waals surface area (Å²) in [7, 11) is 0. The van der Waals surface area contributed by atoms with Gasteiger partial charge in [-0.2, -0.15) is 0 Å². The molecule has 120 valence electrons. The molecular formula is C18H16N4O2. The molecule has 2 amide bonds. The Morgan fingerprint density at radius 2 is 1.96 bits per heavy atom. The molecule has 1 aliphatic carbocycles. The van der Waals surface area contributed by atoms with E-state index < -0.39 is 0 Å². The molecule has 0 fully saturated rings. The quantitative estimate of drug-likeness (QED) is 0.779. The van der Waals surface area contributed by atoms with Crippen molar-refractivity contribution in [3.8, 4) is 0 Å². The van der Waals surface area contributed by atoms with E-state index in [4.69, 9.17) is 0 Å². The van der Waals surface area contributed by atoms with Crippen LogP contribution in [0.25, 0.3) is 0 Å². The van der Waals surface area contributed by atoms with E-state index in [2.05, 4.69) is 20.6 Å². The summed E-state index contributed by atoms with van der Waals surface area (Å²) in [5.74, 6) is -0.383. The molecule has 2 aromatic rings. The summed E-state index contributed by atoms with van der Waals surface area (Å²) in [4.78, 5) is 33.9. The number of hydrogen-bond donors (Lipinski definition) is 2. The van der Waals surface area contributed by atoms with Crippen molar-refractivity contribution in [1.29, 1.82) is 0 Å². The van der Waals surface area contributed by atoms with E-state index >= 15 is 0 Å². The fraction of sp³-hybridized carbons (Fsp3) is 0.333. The van der Waals surface area contributed by atoms with E-state index in [1.54, 1.807) is 6.20 Å². The lowest BCUT2D eigenvalue weighted by molar-refractivity contribution is -0.123. The molecule has 2 aromatic heterocycles. The van der Waals surface area contributed by atoms with Crippen LogP contribution in [0.1, 0.15) is 40.8 Å². The highest BCUT2D eigenvalue weighted by atomic mass is 16.2. The van der Waals surface area contributed by atoms with E-state index in [1.807, 2.05) is 25.3 Å². The first kappa shape index (κ1) is 13.7. The first-order valence-electron chi connectivity index (χ1n) is 8.17. The molecule has 24 heavy (non-hydrogen) atoms. The van der Waals surface area contributed by atoms with Crippen molar-refractivity contribution in [1.82, 2.24) is 9.97 Å². The third kappa shape index (κ3) is 1.76. The molecule has 0 spiro atoms. The second kappa shape index (κ2) is 4.63. The van der Waals surface area contributed by atoms with Crippen LogP contribution in [0.5, 0.6) is 0 Å². The number of nitrogens with zero attached hydrogens (tertiary/aromatic N) is 2. The van der Waals surface area contributed by atoms with E-state index in [0.717, 1.165) is 33.9 Å². The van der Waals surface area contributed by atoms with Crippen molar-refractivity contribution < 1.29 is 9.59 Å². The molecule has 0 saturated carbocycles. The Labute approximate surface area is 138 Å². The van der Waals surface area contributed by atoms with Gasteiger partial charge in [0, 0.05) is 59.0 Å². The molecule has 6 nitrogen and oxygen atoms in total. The molecule has 5 rings (SSSR count). The minimum absolute atomic E-state index is 0.00162. The van der Waals surface area contributed by atoms with Crippen LogP contribution in [-0.4, -0.2) is 21.8 Å². The summed E-state index contributed by atoms with van der Waals surface area (Å²) in [6.07, 6.45) is 4.62. The standard InChI is InChI=1S/C18H16N4O2/c1-8-4-13-11(7-20-8)9-5-14-17-10(16(9)18(24)22-13)6-15(23)21-12(17)2-3-19-14/h2-4,7,9-10,16H,5-6H2,1H3,(H,21,23)(H,22,24). The van der Waals surface area contributed by atoms with Gasteiger partial charge < -0.3 is 10.6 Å². The summed E-state index contributed by atoms with van der Waals surface area (Å²) in [6.45, 7) is 1.91. The average Bonchev–Trinajstić information content (AvgIpc) is 2.54. The molecule has 2 N–H and O–H groups in total. The SMILES string of the molecule is Cc1cc2c(cn1)C1Cc3nccc4c3C(CC(=O)N4)C1C(=O)N2. The molecule has 0 aromatic carbocycles. The van der Waals surface area contributed by atoms with Crippen LogP contribution in [0, 0.1) is 12.8 Å². The molecular weight excluding hydrogens is 304 g/mol. The Balaban J connectivity index is 1.71. The third-order valence-electron chi connectivity index (χ3n) is 5.43. The molecule has 6 heteroatoms. The average molecular weight is 320 g/mol. The van der Waals surface area contributed by atoms with Gasteiger partial charge in [-0.05, 0) is 31.0 Å². The Morgan fingerprint density at radius 1 is 1.08 bits per heavy atom. The number of rotatable bonds is 0. The number of fused-ring (bicyclic) bond motifs is 4. The zero-order chi connectivity index (χ0) is 16.4. The molecule has 3 atom stereocenters. The number of amides is 2. The van der Waals surface area contributed by atoms with E-state index in [1.165, 1.54) is 0 Å². The predicted molar refractivity (Wildman–Crippen MR) is 87.8 cm³/mol. The van der Waals surface area contributed by atoms with Gasteiger partial charge in [0.15, 0.2) is 0 Å². The van der Waals surface area contributed by atoms with Crippen LogP contribution in [0.2, 0.25) is 0 Å². The van der Waals surface area contributed by atoms with E-state index in [0.29, 0.717) is 12.8 Å². The molecule has 0 radical (unpaired) electrons. The minimum Gasteiger partial charge on any atom is -0.326 e. The maximum atomic E-state index is 12.8. The van der Waals surface area contributed by atoms with Crippen molar-refractivity contribution in [2.75, 3.05) is 10.6 Å². The number of carbonyl (C=O) groups excluding carboxylic acids is 2. The van der Waals surface area contributed by atoms with Crippen LogP contribution in [0.4, 0.5) is 11.4 Å². The number of hydrogen-bond acceptors (Lipinski definition) is 4. The minimum atomic E-state index is -0.247. The second-order valence-corrected chi connectivity index (χ2v) is 6.82. The maximum Gasteiger partial charge on any atom is 0.228 e. The first-order chi connectivity index (χ1) is 11.6. The van der Waals surface area contributed by atoms with Crippen LogP contribution in [-0.2, 0) is 16.0 Å². The van der Waals surface area contributed by atoms with E-state index in [9.17, 15) is 9.59 Å². The fourth-order valence-corrected chi connectivity index (χ4v) is 4.49. The van der Waals surface area contributed by atoms with Crippen LogP contribution < -0.4 is 10.6 Å². The summed E-state index contributed by atoms with van der Waals surface area (Å²) in [5.41, 5.74) is 5.60. The molecule has 2 aliphatic heterocycles. The Kier molecular flexibility index (Phi) is 2.63. The number of carbonyl (C=O) groups is 2. The van der Waals surface area contributed by atoms with Gasteiger partial charge in [0.25, 0.3) is 0 Å². The van der Waals surface area contributed by atoms with Crippen LogP contribution in [0.15, 0.2) is 24.5 Å². The number of pyridine rings is 2. The summed E-state index contributed by atoms with van der Waals surface area (Å²) >= 11 is 0. The van der Waals surface area contributed by atoms with Gasteiger partial charge in [-0.1, -0.05) is 0 Å². The zero-order valence-corrected chi connectivity index (χ0v) is 13.2. The number of anilines is 2. The highest BCUT2D eigenvalue weighted by molar-refractivity contribution is 6.01. The summed E-state index contributed by atoms with van der Waals surface area (Å²) in [6, 6.07) is 3.74. The molecule has 4 heterocycles. The van der Waals surface area contributed by atoms with Gasteiger partial charge in [-0.15, -0.1) is 0 Å². The molecule has 3 aliphatic rings. The van der Waals surface area contributed by atoms with Crippen molar-refractivity contribution in [3.05, 3.63) is 47.0 Å². The van der Waals surface area contributed by atoms with Crippen LogP contribution in [0.3, 0.4) is 0 Å². The van der Waals surface area contributed by atoms with Crippen molar-refractivity contribution in [2.45, 2.75) is 31.6 Å². The van der Waals surface area contributed by atoms with Gasteiger partial charge in [0.1, 0.15) is 0 Å². The largest absolute Gasteiger partial charge is 0.326 e. The zero-order valence-electron chi connectivity index (χ0n) is 13.2. The summed E-state index contributed by atoms with van der Waals surface area (Å²) < 4.78 is 0. The number of aryl methyl sites for hydroxylation is 1. The monoisotopic (exact) mass is 320 g/mol. The Hall–Kier alpha value is -2.76. The summed E-state index contributed by atoms with van der Waals surface area (Å²) in [5, 5.41) is 5.94. The lowest BCUT2D eigenvalue weighted by atomic mass is 9.64. The fourth-order valence-electron chi connectivity index (χ4n) is 4.49. The first-order valence-corrected chi connectivity index (χ1v) is 8.17. The van der Waals surface area contributed by atoms with E-state index in [-0.39, 0.29) is 29.6 Å². The topological polar surface area (TPSA) is 84.0 Å². The lowest BCUT2D eigenvalue weighted by Crippen LogP contribution is -2.44. The van der Waals surface area contributed by atoms with Crippen molar-refractivity contribution in [3.63, 3.8) is 0 Å². The maximum absolute atomic E-state index is 12.8. The molecule has 3 unspecified atom stereocenters. The van der Waals surface area contributed by atoms with Gasteiger partial charge in [-0.25, -0.2) is 0 Å². The Bertz CT molecular complexity index is 908. The second-order valence-electron chi connectivity index (χ2n) is 6.82. The van der Waals surface area contributed by atoms with Gasteiger partial charge in [0.2, 0.25) is 11.8 Å². The molecule has 0 bridgehead atoms. The smallest absolute Gasteiger partial charge is 0.228 e. The van der Waals surface area contributed by atoms with Gasteiger partial charge in [-0.3, -0.25) is 19.6 Å². The number of nitrogens with one attached hydrogen (secondary N) is 2. The van der Waals surface area contributed by atoms with Crippen LogP contribution >= 0.6 is 0 Å². The van der Waals surface area contributed by atoms with Crippen molar-refractivity contribution >= 4 is 23.2 Å². The van der Waals surface area contributed by atoms with Gasteiger partial charge in [0.05, 0.1) is 5.92 Å². The number of aromatic nitrogens is 2. The normalized spacial score (nSPS) is 26.6. The van der Waals surface area contributed by atoms with Gasteiger partial charge >= 0.3 is 0 Å². The predicted octanol–water partition coefficient (Wildman–Crippen LogP) is 2.12. The third-order valence-corrected chi connectivity index (χ3v) is 5.43.